The second-order valence-corrected chi connectivity index (χ2v) is 8.13. The van der Waals surface area contributed by atoms with Gasteiger partial charge in [-0.05, 0) is 12.3 Å². The van der Waals surface area contributed by atoms with E-state index in [1.54, 1.807) is 6.20 Å². The Bertz CT molecular complexity index is 746. The summed E-state index contributed by atoms with van der Waals surface area (Å²) in [5.74, 6) is -3.17. The van der Waals surface area contributed by atoms with Crippen LogP contribution in [0.4, 0.5) is 0 Å². The summed E-state index contributed by atoms with van der Waals surface area (Å²) in [6, 6.07) is -4.14. The number of rotatable bonds is 13. The van der Waals surface area contributed by atoms with Crippen LogP contribution in [0.3, 0.4) is 0 Å². The molecule has 4 atom stereocenters. The highest BCUT2D eigenvalue weighted by Crippen LogP contribution is 2.07. The Balaban J connectivity index is 2.77. The number of carbonyl (C=O) groups is 4. The maximum Gasteiger partial charge on any atom is 0.327 e. The molecule has 174 valence electrons. The van der Waals surface area contributed by atoms with Crippen molar-refractivity contribution in [3.05, 3.63) is 18.2 Å². The number of H-pyrrole nitrogens is 1. The summed E-state index contributed by atoms with van der Waals surface area (Å²) in [6.45, 7) is 3.71. The van der Waals surface area contributed by atoms with Crippen LogP contribution < -0.4 is 21.7 Å². The van der Waals surface area contributed by atoms with E-state index in [1.165, 1.54) is 6.33 Å². The minimum Gasteiger partial charge on any atom is -0.480 e. The largest absolute Gasteiger partial charge is 0.480 e. The van der Waals surface area contributed by atoms with Gasteiger partial charge in [0.05, 0.1) is 12.4 Å². The molecular weight excluding hydrogens is 444 g/mol. The van der Waals surface area contributed by atoms with Gasteiger partial charge in [0.1, 0.15) is 18.1 Å². The number of hydrogen-bond donors (Lipinski definition) is 8. The standard InChI is InChI=1S/C18H30N6O5S2/c1-9(2)3-12(16(26)24-14(7-31)18(28)29)22-17(27)13(6-30)23-15(25)11(19)4-10-5-20-8-21-10/h5,8-9,11-14,30-31H,3-4,6-7,19H2,1-2H3,(H,20,21)(H,22,27)(H,23,25)(H,24,26)(H,28,29). The first-order valence-corrected chi connectivity index (χ1v) is 10.9. The molecule has 31 heavy (non-hydrogen) atoms. The molecule has 0 spiro atoms. The van der Waals surface area contributed by atoms with Gasteiger partial charge in [0, 0.05) is 29.8 Å². The van der Waals surface area contributed by atoms with Crippen molar-refractivity contribution in [1.29, 1.82) is 0 Å². The third-order valence-corrected chi connectivity index (χ3v) is 5.01. The fourth-order valence-corrected chi connectivity index (χ4v) is 3.14. The molecule has 1 aromatic rings. The molecule has 0 bridgehead atoms. The van der Waals surface area contributed by atoms with E-state index >= 15 is 0 Å². The molecule has 1 rings (SSSR count). The predicted molar refractivity (Wildman–Crippen MR) is 121 cm³/mol. The van der Waals surface area contributed by atoms with Crippen molar-refractivity contribution >= 4 is 48.9 Å². The lowest BCUT2D eigenvalue weighted by Crippen LogP contribution is -2.58. The molecule has 13 heteroatoms. The summed E-state index contributed by atoms with van der Waals surface area (Å²) >= 11 is 8.02. The smallest absolute Gasteiger partial charge is 0.327 e. The van der Waals surface area contributed by atoms with Gasteiger partial charge in [-0.2, -0.15) is 25.3 Å². The van der Waals surface area contributed by atoms with Crippen molar-refractivity contribution < 1.29 is 24.3 Å². The second kappa shape index (κ2) is 13.2. The van der Waals surface area contributed by atoms with Crippen molar-refractivity contribution in [3.8, 4) is 0 Å². The fraction of sp³-hybridized carbons (Fsp3) is 0.611. The van der Waals surface area contributed by atoms with E-state index in [-0.39, 0.29) is 30.3 Å². The van der Waals surface area contributed by atoms with Gasteiger partial charge in [0.2, 0.25) is 17.7 Å². The zero-order valence-electron chi connectivity index (χ0n) is 17.4. The number of nitrogens with zero attached hydrogens (tertiary/aromatic N) is 1. The topological polar surface area (TPSA) is 179 Å². The van der Waals surface area contributed by atoms with Crippen molar-refractivity contribution in [2.24, 2.45) is 11.7 Å². The van der Waals surface area contributed by atoms with Gasteiger partial charge in [-0.25, -0.2) is 9.78 Å². The van der Waals surface area contributed by atoms with Crippen LogP contribution in [0.1, 0.15) is 26.0 Å². The number of thiol groups is 2. The summed E-state index contributed by atoms with van der Waals surface area (Å²) in [6.07, 6.45) is 3.47. The Hall–Kier alpha value is -2.25. The Morgan fingerprint density at radius 1 is 1.03 bits per heavy atom. The number of amides is 3. The first-order chi connectivity index (χ1) is 14.6. The van der Waals surface area contributed by atoms with Gasteiger partial charge < -0.3 is 31.8 Å². The maximum absolute atomic E-state index is 12.7. The molecule has 4 unspecified atom stereocenters. The van der Waals surface area contributed by atoms with Crippen LogP contribution in [0.25, 0.3) is 0 Å². The fourth-order valence-electron chi connectivity index (χ4n) is 2.63. The van der Waals surface area contributed by atoms with Crippen LogP contribution in [0.2, 0.25) is 0 Å². The Morgan fingerprint density at radius 2 is 1.58 bits per heavy atom. The van der Waals surface area contributed by atoms with Crippen LogP contribution in [-0.4, -0.2) is 74.4 Å². The highest BCUT2D eigenvalue weighted by Gasteiger charge is 2.30. The summed E-state index contributed by atoms with van der Waals surface area (Å²) < 4.78 is 0. The molecule has 0 saturated carbocycles. The molecule has 11 nitrogen and oxygen atoms in total. The Morgan fingerprint density at radius 3 is 2.06 bits per heavy atom. The van der Waals surface area contributed by atoms with E-state index in [4.69, 9.17) is 10.8 Å². The van der Waals surface area contributed by atoms with E-state index in [9.17, 15) is 19.2 Å². The van der Waals surface area contributed by atoms with Crippen molar-refractivity contribution in [3.63, 3.8) is 0 Å². The van der Waals surface area contributed by atoms with E-state index < -0.39 is 47.9 Å². The number of carboxylic acid groups (broad SMARTS) is 1. The van der Waals surface area contributed by atoms with E-state index in [0.29, 0.717) is 5.69 Å². The number of aromatic nitrogens is 2. The van der Waals surface area contributed by atoms with E-state index in [0.717, 1.165) is 0 Å². The SMILES string of the molecule is CC(C)CC(NC(=O)C(CS)NC(=O)C(N)Cc1cnc[nH]1)C(=O)NC(CS)C(=O)O. The first kappa shape index (κ1) is 26.8. The number of imidazole rings is 1. The zero-order chi connectivity index (χ0) is 23.6. The molecular formula is C18H30N6O5S2. The lowest BCUT2D eigenvalue weighted by molar-refractivity contribution is -0.141. The number of aromatic amines is 1. The molecule has 0 fully saturated rings. The van der Waals surface area contributed by atoms with Gasteiger partial charge >= 0.3 is 5.97 Å². The molecule has 0 aliphatic heterocycles. The highest BCUT2D eigenvalue weighted by molar-refractivity contribution is 7.80. The monoisotopic (exact) mass is 474 g/mol. The minimum atomic E-state index is -1.23. The van der Waals surface area contributed by atoms with Crippen LogP contribution in [0.15, 0.2) is 12.5 Å². The van der Waals surface area contributed by atoms with Crippen LogP contribution in [0.5, 0.6) is 0 Å². The van der Waals surface area contributed by atoms with E-state index in [2.05, 4.69) is 51.2 Å². The average molecular weight is 475 g/mol. The highest BCUT2D eigenvalue weighted by atomic mass is 32.1. The molecule has 0 radical (unpaired) electrons. The Labute approximate surface area is 191 Å². The molecule has 0 aliphatic rings. The molecule has 0 aliphatic carbocycles. The number of nitrogens with two attached hydrogens (primary N) is 1. The zero-order valence-corrected chi connectivity index (χ0v) is 19.2. The van der Waals surface area contributed by atoms with Gasteiger partial charge in [-0.1, -0.05) is 13.8 Å². The van der Waals surface area contributed by atoms with Gasteiger partial charge in [0.15, 0.2) is 0 Å². The molecule has 7 N–H and O–H groups in total. The number of carbonyl (C=O) groups excluding carboxylic acids is 3. The molecule has 3 amide bonds. The van der Waals surface area contributed by atoms with E-state index in [1.807, 2.05) is 13.8 Å². The van der Waals surface area contributed by atoms with Crippen LogP contribution in [0, 0.1) is 5.92 Å². The van der Waals surface area contributed by atoms with Crippen molar-refractivity contribution in [1.82, 2.24) is 25.9 Å². The van der Waals surface area contributed by atoms with Crippen LogP contribution in [-0.2, 0) is 25.6 Å². The second-order valence-electron chi connectivity index (χ2n) is 7.40. The number of aliphatic carboxylic acids is 1. The summed E-state index contributed by atoms with van der Waals surface area (Å²) in [5, 5.41) is 16.6. The third kappa shape index (κ3) is 9.19. The predicted octanol–water partition coefficient (Wildman–Crippen LogP) is -1.28. The quantitative estimate of drug-likeness (QED) is 0.164. The summed E-state index contributed by atoms with van der Waals surface area (Å²) in [7, 11) is 0. The minimum absolute atomic E-state index is 0.0290. The van der Waals surface area contributed by atoms with Gasteiger partial charge in [0.25, 0.3) is 0 Å². The number of carboxylic acids is 1. The summed E-state index contributed by atoms with van der Waals surface area (Å²) in [5.41, 5.74) is 6.55. The maximum atomic E-state index is 12.7. The molecule has 0 aromatic carbocycles. The average Bonchev–Trinajstić information content (AvgIpc) is 3.21. The third-order valence-electron chi connectivity index (χ3n) is 4.28. The van der Waals surface area contributed by atoms with Crippen molar-refractivity contribution in [2.75, 3.05) is 11.5 Å². The Kier molecular flexibility index (Phi) is 11.4. The molecule has 1 heterocycles. The van der Waals surface area contributed by atoms with Crippen LogP contribution >= 0.6 is 25.3 Å². The molecule has 0 saturated heterocycles. The number of hydrogen-bond acceptors (Lipinski definition) is 8. The lowest BCUT2D eigenvalue weighted by atomic mass is 10.0. The first-order valence-electron chi connectivity index (χ1n) is 9.67. The normalized spacial score (nSPS) is 14.9. The lowest BCUT2D eigenvalue weighted by Gasteiger charge is -2.25. The van der Waals surface area contributed by atoms with Gasteiger partial charge in [-0.15, -0.1) is 0 Å². The van der Waals surface area contributed by atoms with Gasteiger partial charge in [-0.3, -0.25) is 14.4 Å². The summed E-state index contributed by atoms with van der Waals surface area (Å²) in [4.78, 5) is 55.5. The number of nitrogens with one attached hydrogen (secondary N) is 4. The molecule has 1 aromatic heterocycles. The van der Waals surface area contributed by atoms with Crippen molar-refractivity contribution in [2.45, 2.75) is 50.9 Å².